The van der Waals surface area contributed by atoms with E-state index in [0.29, 0.717) is 10.9 Å². The van der Waals surface area contributed by atoms with Gasteiger partial charge in [0.15, 0.2) is 6.54 Å². The van der Waals surface area contributed by atoms with Crippen molar-refractivity contribution in [2.75, 3.05) is 0 Å². The second kappa shape index (κ2) is 6.35. The van der Waals surface area contributed by atoms with Crippen LogP contribution in [0.2, 0.25) is 4.34 Å². The van der Waals surface area contributed by atoms with E-state index in [1.807, 2.05) is 23.9 Å². The summed E-state index contributed by atoms with van der Waals surface area (Å²) in [6.45, 7) is 5.61. The van der Waals surface area contributed by atoms with Crippen LogP contribution in [-0.2, 0) is 13.1 Å². The molecule has 0 aliphatic carbocycles. The second-order valence-corrected chi connectivity index (χ2v) is 6.26. The molecule has 0 unspecified atom stereocenters. The molecule has 0 atom stereocenters. The zero-order chi connectivity index (χ0) is 13.8. The maximum atomic E-state index is 12.1. The number of aromatic nitrogens is 2. The standard InChI is InChI=1S/C14H18ClN2OS/c1-3-4-7-16-8-9-17(11(16)2)10-12(18)13-5-6-14(15)19-13/h5-6,8-9H,3-4,7,10H2,1-2H3/q+1. The molecule has 5 heteroatoms. The molecule has 0 aromatic carbocycles. The Labute approximate surface area is 122 Å². The molecule has 0 radical (unpaired) electrons. The molecule has 0 bridgehead atoms. The molecular formula is C14H18ClN2OS+. The highest BCUT2D eigenvalue weighted by atomic mass is 35.5. The minimum atomic E-state index is 0.109. The first kappa shape index (κ1) is 14.3. The molecule has 0 aliphatic rings. The van der Waals surface area contributed by atoms with E-state index >= 15 is 0 Å². The summed E-state index contributed by atoms with van der Waals surface area (Å²) in [5, 5.41) is 0. The highest BCUT2D eigenvalue weighted by Crippen LogP contribution is 2.21. The van der Waals surface area contributed by atoms with Crippen LogP contribution in [0, 0.1) is 6.92 Å². The topological polar surface area (TPSA) is 25.9 Å². The molecule has 2 heterocycles. The van der Waals surface area contributed by atoms with E-state index in [2.05, 4.69) is 11.5 Å². The van der Waals surface area contributed by atoms with Crippen LogP contribution in [0.4, 0.5) is 0 Å². The van der Waals surface area contributed by atoms with Gasteiger partial charge >= 0.3 is 0 Å². The fraction of sp³-hybridized carbons (Fsp3) is 0.429. The molecule has 0 spiro atoms. The summed E-state index contributed by atoms with van der Waals surface area (Å²) in [6, 6.07) is 3.56. The zero-order valence-corrected chi connectivity index (χ0v) is 12.8. The number of Topliss-reactive ketones (excluding diaryl/α,β-unsaturated/α-hetero) is 1. The fourth-order valence-corrected chi connectivity index (χ4v) is 2.94. The van der Waals surface area contributed by atoms with Gasteiger partial charge in [-0.3, -0.25) is 4.79 Å². The van der Waals surface area contributed by atoms with Crippen molar-refractivity contribution in [2.45, 2.75) is 39.8 Å². The Balaban J connectivity index is 2.07. The van der Waals surface area contributed by atoms with Crippen molar-refractivity contribution in [3.8, 4) is 0 Å². The van der Waals surface area contributed by atoms with Gasteiger partial charge in [0.25, 0.3) is 5.82 Å². The molecule has 0 N–H and O–H groups in total. The van der Waals surface area contributed by atoms with Crippen molar-refractivity contribution in [2.24, 2.45) is 0 Å². The summed E-state index contributed by atoms with van der Waals surface area (Å²) in [6.07, 6.45) is 6.34. The lowest BCUT2D eigenvalue weighted by molar-refractivity contribution is -0.688. The average molecular weight is 298 g/mol. The average Bonchev–Trinajstić information content (AvgIpc) is 2.96. The van der Waals surface area contributed by atoms with Crippen LogP contribution in [0.3, 0.4) is 0 Å². The Kier molecular flexibility index (Phi) is 4.77. The van der Waals surface area contributed by atoms with Crippen molar-refractivity contribution >= 4 is 28.7 Å². The molecule has 0 amide bonds. The lowest BCUT2D eigenvalue weighted by Gasteiger charge is -1.99. The number of unbranched alkanes of at least 4 members (excludes halogenated alkanes) is 1. The molecule has 19 heavy (non-hydrogen) atoms. The molecule has 2 aromatic rings. The third-order valence-electron chi connectivity index (χ3n) is 3.17. The largest absolute Gasteiger partial charge is 0.289 e. The summed E-state index contributed by atoms with van der Waals surface area (Å²) < 4.78 is 4.84. The first-order valence-corrected chi connectivity index (χ1v) is 7.65. The molecule has 3 nitrogen and oxygen atoms in total. The molecule has 102 valence electrons. The minimum absolute atomic E-state index is 0.109. The number of carbonyl (C=O) groups excluding carboxylic acids is 1. The monoisotopic (exact) mass is 297 g/mol. The number of carbonyl (C=O) groups is 1. The highest BCUT2D eigenvalue weighted by Gasteiger charge is 2.17. The van der Waals surface area contributed by atoms with Gasteiger partial charge in [-0.15, -0.1) is 11.3 Å². The zero-order valence-electron chi connectivity index (χ0n) is 11.2. The van der Waals surface area contributed by atoms with E-state index in [4.69, 9.17) is 11.6 Å². The smallest absolute Gasteiger partial charge is 0.253 e. The lowest BCUT2D eigenvalue weighted by atomic mass is 10.3. The number of rotatable bonds is 6. The van der Waals surface area contributed by atoms with Crippen molar-refractivity contribution in [1.82, 2.24) is 4.57 Å². The lowest BCUT2D eigenvalue weighted by Crippen LogP contribution is -2.39. The number of aryl methyl sites for hydroxylation is 1. The maximum Gasteiger partial charge on any atom is 0.253 e. The van der Waals surface area contributed by atoms with E-state index in [9.17, 15) is 4.79 Å². The Bertz CT molecular complexity index is 574. The fourth-order valence-electron chi connectivity index (χ4n) is 1.97. The first-order valence-electron chi connectivity index (χ1n) is 6.45. The van der Waals surface area contributed by atoms with Gasteiger partial charge < -0.3 is 0 Å². The predicted octanol–water partition coefficient (Wildman–Crippen LogP) is 3.48. The van der Waals surface area contributed by atoms with Gasteiger partial charge in [0.1, 0.15) is 12.4 Å². The van der Waals surface area contributed by atoms with Crippen LogP contribution in [-0.4, -0.2) is 10.4 Å². The van der Waals surface area contributed by atoms with E-state index in [1.54, 1.807) is 12.1 Å². The maximum absolute atomic E-state index is 12.1. The van der Waals surface area contributed by atoms with Gasteiger partial charge in [0.2, 0.25) is 5.78 Å². The Morgan fingerprint density at radius 3 is 2.89 bits per heavy atom. The molecule has 2 aromatic heterocycles. The van der Waals surface area contributed by atoms with Crippen molar-refractivity contribution in [1.29, 1.82) is 0 Å². The Morgan fingerprint density at radius 2 is 2.26 bits per heavy atom. The molecule has 0 saturated heterocycles. The van der Waals surface area contributed by atoms with Gasteiger partial charge in [0, 0.05) is 6.92 Å². The number of halogens is 1. The van der Waals surface area contributed by atoms with E-state index in [1.165, 1.54) is 17.8 Å². The van der Waals surface area contributed by atoms with Crippen LogP contribution in [0.1, 0.15) is 35.3 Å². The molecule has 0 aliphatic heterocycles. The van der Waals surface area contributed by atoms with Crippen LogP contribution in [0.25, 0.3) is 0 Å². The number of nitrogens with zero attached hydrogens (tertiary/aromatic N) is 2. The molecule has 0 fully saturated rings. The quantitative estimate of drug-likeness (QED) is 0.592. The van der Waals surface area contributed by atoms with Crippen LogP contribution >= 0.6 is 22.9 Å². The first-order chi connectivity index (χ1) is 9.11. The number of thiophene rings is 1. The Hall–Kier alpha value is -1.13. The SMILES string of the molecule is CCCCn1cc[n+](CC(=O)c2ccc(Cl)s2)c1C. The normalized spacial score (nSPS) is 10.9. The van der Waals surface area contributed by atoms with Crippen LogP contribution < -0.4 is 4.57 Å². The summed E-state index contributed by atoms with van der Waals surface area (Å²) >= 11 is 7.19. The number of hydrogen-bond acceptors (Lipinski definition) is 2. The van der Waals surface area contributed by atoms with Crippen molar-refractivity contribution < 1.29 is 9.36 Å². The van der Waals surface area contributed by atoms with Gasteiger partial charge in [-0.25, -0.2) is 9.13 Å². The number of ketones is 1. The third-order valence-corrected chi connectivity index (χ3v) is 4.44. The number of hydrogen-bond donors (Lipinski definition) is 0. The molecule has 0 saturated carbocycles. The minimum Gasteiger partial charge on any atom is -0.289 e. The summed E-state index contributed by atoms with van der Waals surface area (Å²) in [5.41, 5.74) is 0. The van der Waals surface area contributed by atoms with E-state index in [0.717, 1.165) is 23.7 Å². The van der Waals surface area contributed by atoms with Gasteiger partial charge in [0.05, 0.1) is 15.8 Å². The predicted molar refractivity (Wildman–Crippen MR) is 77.9 cm³/mol. The molecule has 2 rings (SSSR count). The van der Waals surface area contributed by atoms with Crippen molar-refractivity contribution in [3.63, 3.8) is 0 Å². The van der Waals surface area contributed by atoms with Crippen molar-refractivity contribution in [3.05, 3.63) is 39.6 Å². The summed E-state index contributed by atoms with van der Waals surface area (Å²) in [7, 11) is 0. The summed E-state index contributed by atoms with van der Waals surface area (Å²) in [4.78, 5) is 12.8. The van der Waals surface area contributed by atoms with E-state index < -0.39 is 0 Å². The third kappa shape index (κ3) is 3.45. The number of imidazole rings is 1. The second-order valence-electron chi connectivity index (χ2n) is 4.55. The van der Waals surface area contributed by atoms with E-state index in [-0.39, 0.29) is 5.78 Å². The molecular weight excluding hydrogens is 280 g/mol. The summed E-state index contributed by atoms with van der Waals surface area (Å²) in [5.74, 6) is 1.22. The van der Waals surface area contributed by atoms with Crippen LogP contribution in [0.15, 0.2) is 24.5 Å². The van der Waals surface area contributed by atoms with Gasteiger partial charge in [-0.05, 0) is 18.6 Å². The van der Waals surface area contributed by atoms with Crippen LogP contribution in [0.5, 0.6) is 0 Å². The van der Waals surface area contributed by atoms with Gasteiger partial charge in [-0.2, -0.15) is 0 Å². The highest BCUT2D eigenvalue weighted by molar-refractivity contribution is 7.18. The Morgan fingerprint density at radius 1 is 1.47 bits per heavy atom. The van der Waals surface area contributed by atoms with Gasteiger partial charge in [-0.1, -0.05) is 24.9 Å².